The van der Waals surface area contributed by atoms with Crippen LogP contribution in [0.1, 0.15) is 22.5 Å². The van der Waals surface area contributed by atoms with Crippen LogP contribution in [0.5, 0.6) is 0 Å². The molecule has 2 aromatic carbocycles. The summed E-state index contributed by atoms with van der Waals surface area (Å²) in [5.74, 6) is 0.902. The second-order valence-corrected chi connectivity index (χ2v) is 7.38. The molecule has 6 heteroatoms. The van der Waals surface area contributed by atoms with E-state index in [1.165, 1.54) is 11.1 Å². The number of fused-ring (bicyclic) bond motifs is 1. The highest BCUT2D eigenvalue weighted by Gasteiger charge is 2.12. The first-order valence-corrected chi connectivity index (χ1v) is 10.1. The highest BCUT2D eigenvalue weighted by molar-refractivity contribution is 5.89. The average Bonchev–Trinajstić information content (AvgIpc) is 3.09. The zero-order chi connectivity index (χ0) is 20.9. The molecule has 152 valence electrons. The number of nitrogens with one attached hydrogen (secondary N) is 2. The SMILES string of the molecule is Cc1ccc(NC(=O)NCCc2nc3cccnc3n2Cc2ccccc2)cc1C. The summed E-state index contributed by atoms with van der Waals surface area (Å²) in [7, 11) is 0. The van der Waals surface area contributed by atoms with Crippen molar-refractivity contribution in [1.82, 2.24) is 19.9 Å². The molecular formula is C24H25N5O. The Bertz CT molecular complexity index is 1170. The fraction of sp³-hybridized carbons (Fsp3) is 0.208. The lowest BCUT2D eigenvalue weighted by atomic mass is 10.1. The zero-order valence-electron chi connectivity index (χ0n) is 17.2. The lowest BCUT2D eigenvalue weighted by molar-refractivity contribution is 0.252. The number of aromatic nitrogens is 3. The first-order chi connectivity index (χ1) is 14.6. The van der Waals surface area contributed by atoms with Crippen molar-refractivity contribution in [2.24, 2.45) is 0 Å². The van der Waals surface area contributed by atoms with Crippen LogP contribution in [0.25, 0.3) is 11.2 Å². The third kappa shape index (κ3) is 4.49. The summed E-state index contributed by atoms with van der Waals surface area (Å²) in [6, 6.07) is 19.8. The summed E-state index contributed by atoms with van der Waals surface area (Å²) in [5, 5.41) is 5.81. The van der Waals surface area contributed by atoms with Crippen LogP contribution in [-0.2, 0) is 13.0 Å². The maximum atomic E-state index is 12.3. The van der Waals surface area contributed by atoms with E-state index in [9.17, 15) is 4.79 Å². The van der Waals surface area contributed by atoms with E-state index in [0.717, 1.165) is 28.2 Å². The maximum Gasteiger partial charge on any atom is 0.319 e. The molecule has 4 aromatic rings. The summed E-state index contributed by atoms with van der Waals surface area (Å²) in [4.78, 5) is 21.5. The maximum absolute atomic E-state index is 12.3. The van der Waals surface area contributed by atoms with Crippen LogP contribution >= 0.6 is 0 Å². The van der Waals surface area contributed by atoms with Crippen LogP contribution in [0.4, 0.5) is 10.5 Å². The van der Waals surface area contributed by atoms with E-state index in [-0.39, 0.29) is 6.03 Å². The van der Waals surface area contributed by atoms with Crippen LogP contribution in [0, 0.1) is 13.8 Å². The van der Waals surface area contributed by atoms with Gasteiger partial charge in [-0.15, -0.1) is 0 Å². The number of rotatable bonds is 6. The number of nitrogens with zero attached hydrogens (tertiary/aromatic N) is 3. The van der Waals surface area contributed by atoms with Crippen molar-refractivity contribution in [3.63, 3.8) is 0 Å². The van der Waals surface area contributed by atoms with Crippen LogP contribution in [0.2, 0.25) is 0 Å². The van der Waals surface area contributed by atoms with Crippen molar-refractivity contribution < 1.29 is 4.79 Å². The summed E-state index contributed by atoms with van der Waals surface area (Å²) >= 11 is 0. The lowest BCUT2D eigenvalue weighted by Gasteiger charge is -2.11. The molecule has 2 heterocycles. The fourth-order valence-electron chi connectivity index (χ4n) is 3.41. The molecule has 0 saturated heterocycles. The lowest BCUT2D eigenvalue weighted by Crippen LogP contribution is -2.31. The Morgan fingerprint density at radius 1 is 1.00 bits per heavy atom. The van der Waals surface area contributed by atoms with Crippen molar-refractivity contribution in [3.05, 3.63) is 89.4 Å². The topological polar surface area (TPSA) is 71.8 Å². The van der Waals surface area contributed by atoms with Crippen molar-refractivity contribution >= 4 is 22.9 Å². The number of urea groups is 1. The largest absolute Gasteiger partial charge is 0.337 e. The third-order valence-corrected chi connectivity index (χ3v) is 5.17. The number of amides is 2. The minimum atomic E-state index is -0.220. The Morgan fingerprint density at radius 2 is 1.83 bits per heavy atom. The van der Waals surface area contributed by atoms with E-state index < -0.39 is 0 Å². The van der Waals surface area contributed by atoms with Crippen molar-refractivity contribution in [1.29, 1.82) is 0 Å². The monoisotopic (exact) mass is 399 g/mol. The van der Waals surface area contributed by atoms with Gasteiger partial charge in [-0.2, -0.15) is 0 Å². The van der Waals surface area contributed by atoms with E-state index in [2.05, 4.69) is 39.2 Å². The second-order valence-electron chi connectivity index (χ2n) is 7.38. The Hall–Kier alpha value is -3.67. The van der Waals surface area contributed by atoms with Gasteiger partial charge in [0, 0.05) is 24.8 Å². The number of carbonyl (C=O) groups is 1. The highest BCUT2D eigenvalue weighted by atomic mass is 16.2. The Kier molecular flexibility index (Phi) is 5.75. The van der Waals surface area contributed by atoms with E-state index in [0.29, 0.717) is 19.5 Å². The minimum absolute atomic E-state index is 0.220. The quantitative estimate of drug-likeness (QED) is 0.503. The minimum Gasteiger partial charge on any atom is -0.337 e. The van der Waals surface area contributed by atoms with Gasteiger partial charge in [-0.25, -0.2) is 14.8 Å². The third-order valence-electron chi connectivity index (χ3n) is 5.17. The number of hydrogen-bond donors (Lipinski definition) is 2. The van der Waals surface area contributed by atoms with Crippen molar-refractivity contribution in [3.8, 4) is 0 Å². The highest BCUT2D eigenvalue weighted by Crippen LogP contribution is 2.17. The molecule has 2 N–H and O–H groups in total. The zero-order valence-corrected chi connectivity index (χ0v) is 17.2. The van der Waals surface area contributed by atoms with Gasteiger partial charge in [0.1, 0.15) is 11.3 Å². The van der Waals surface area contributed by atoms with Gasteiger partial charge in [0.2, 0.25) is 0 Å². The molecule has 4 rings (SSSR count). The van der Waals surface area contributed by atoms with E-state index in [1.54, 1.807) is 6.20 Å². The number of benzene rings is 2. The van der Waals surface area contributed by atoms with Gasteiger partial charge in [0.05, 0.1) is 6.54 Å². The number of aryl methyl sites for hydroxylation is 2. The van der Waals surface area contributed by atoms with Gasteiger partial charge in [-0.1, -0.05) is 36.4 Å². The van der Waals surface area contributed by atoms with Crippen molar-refractivity contribution in [2.75, 3.05) is 11.9 Å². The van der Waals surface area contributed by atoms with Crippen LogP contribution in [0.15, 0.2) is 66.9 Å². The van der Waals surface area contributed by atoms with Gasteiger partial charge < -0.3 is 15.2 Å². The first-order valence-electron chi connectivity index (χ1n) is 10.1. The molecular weight excluding hydrogens is 374 g/mol. The molecule has 0 aliphatic heterocycles. The molecule has 6 nitrogen and oxygen atoms in total. The van der Waals surface area contributed by atoms with Gasteiger partial charge >= 0.3 is 6.03 Å². The van der Waals surface area contributed by atoms with Gasteiger partial charge in [-0.05, 0) is 54.8 Å². The average molecular weight is 399 g/mol. The number of imidazole rings is 1. The molecule has 30 heavy (non-hydrogen) atoms. The first kappa shape index (κ1) is 19.6. The number of anilines is 1. The number of hydrogen-bond acceptors (Lipinski definition) is 3. The Labute approximate surface area is 176 Å². The molecule has 0 radical (unpaired) electrons. The second kappa shape index (κ2) is 8.78. The molecule has 0 saturated carbocycles. The molecule has 0 bridgehead atoms. The number of carbonyl (C=O) groups excluding carboxylic acids is 1. The summed E-state index contributed by atoms with van der Waals surface area (Å²) < 4.78 is 2.12. The predicted molar refractivity (Wildman–Crippen MR) is 120 cm³/mol. The fourth-order valence-corrected chi connectivity index (χ4v) is 3.41. The van der Waals surface area contributed by atoms with E-state index in [1.807, 2.05) is 55.5 Å². The Balaban J connectivity index is 1.44. The molecule has 0 aliphatic rings. The van der Waals surface area contributed by atoms with Gasteiger partial charge in [0.15, 0.2) is 5.65 Å². The molecule has 2 aromatic heterocycles. The standard InChI is InChI=1S/C24H25N5O/c1-17-10-11-20(15-18(17)2)27-24(30)26-14-12-22-28-21-9-6-13-25-23(21)29(22)16-19-7-4-3-5-8-19/h3-11,13,15H,12,14,16H2,1-2H3,(H2,26,27,30). The predicted octanol–water partition coefficient (Wildman–Crippen LogP) is 4.46. The summed E-state index contributed by atoms with van der Waals surface area (Å²) in [5.41, 5.74) is 6.04. The molecule has 0 unspecified atom stereocenters. The molecule has 0 fully saturated rings. The van der Waals surface area contributed by atoms with Gasteiger partial charge in [-0.3, -0.25) is 0 Å². The van der Waals surface area contributed by atoms with Crippen molar-refractivity contribution in [2.45, 2.75) is 26.8 Å². The molecule has 0 spiro atoms. The molecule has 2 amide bonds. The number of pyridine rings is 1. The summed E-state index contributed by atoms with van der Waals surface area (Å²) in [6.45, 7) is 5.26. The van der Waals surface area contributed by atoms with Crippen LogP contribution in [0.3, 0.4) is 0 Å². The summed E-state index contributed by atoms with van der Waals surface area (Å²) in [6.07, 6.45) is 2.40. The smallest absolute Gasteiger partial charge is 0.319 e. The molecule has 0 atom stereocenters. The van der Waals surface area contributed by atoms with E-state index in [4.69, 9.17) is 4.98 Å². The Morgan fingerprint density at radius 3 is 2.63 bits per heavy atom. The van der Waals surface area contributed by atoms with Crippen LogP contribution < -0.4 is 10.6 Å². The van der Waals surface area contributed by atoms with Crippen LogP contribution in [-0.4, -0.2) is 27.1 Å². The van der Waals surface area contributed by atoms with Gasteiger partial charge in [0.25, 0.3) is 0 Å². The normalized spacial score (nSPS) is 10.9. The molecule has 0 aliphatic carbocycles. The van der Waals surface area contributed by atoms with E-state index >= 15 is 0 Å².